The van der Waals surface area contributed by atoms with Gasteiger partial charge in [0.1, 0.15) is 5.82 Å². The van der Waals surface area contributed by atoms with Crippen molar-refractivity contribution in [2.75, 3.05) is 11.4 Å². The highest BCUT2D eigenvalue weighted by Gasteiger charge is 2.12. The van der Waals surface area contributed by atoms with E-state index in [2.05, 4.69) is 16.5 Å². The van der Waals surface area contributed by atoms with Gasteiger partial charge in [0.15, 0.2) is 0 Å². The maximum atomic E-state index is 10.8. The Kier molecular flexibility index (Phi) is 4.76. The van der Waals surface area contributed by atoms with Crippen molar-refractivity contribution in [2.45, 2.75) is 26.4 Å². The number of aryl methyl sites for hydroxylation is 1. The van der Waals surface area contributed by atoms with E-state index >= 15 is 0 Å². The molecule has 0 saturated carbocycles. The lowest BCUT2D eigenvalue weighted by Gasteiger charge is -2.24. The van der Waals surface area contributed by atoms with Gasteiger partial charge < -0.3 is 14.6 Å². The Morgan fingerprint density at radius 1 is 1.35 bits per heavy atom. The molecule has 0 unspecified atom stereocenters. The second kappa shape index (κ2) is 6.75. The number of anilines is 1. The molecule has 0 bridgehead atoms. The first-order chi connectivity index (χ1) is 9.70. The van der Waals surface area contributed by atoms with Crippen LogP contribution in [0.2, 0.25) is 0 Å². The molecule has 1 aromatic carbocycles. The number of aliphatic carboxylic acids is 1. The highest BCUT2D eigenvalue weighted by atomic mass is 16.4. The van der Waals surface area contributed by atoms with Crippen LogP contribution in [-0.2, 0) is 17.9 Å². The molecule has 0 fully saturated rings. The van der Waals surface area contributed by atoms with Gasteiger partial charge in [0.25, 0.3) is 0 Å². The van der Waals surface area contributed by atoms with Crippen molar-refractivity contribution >= 4 is 11.7 Å². The van der Waals surface area contributed by atoms with Gasteiger partial charge in [-0.05, 0) is 19.1 Å². The molecule has 0 radical (unpaired) electrons. The van der Waals surface area contributed by atoms with E-state index in [0.717, 1.165) is 18.1 Å². The quantitative estimate of drug-likeness (QED) is 0.841. The van der Waals surface area contributed by atoms with Crippen LogP contribution in [0.25, 0.3) is 0 Å². The molecule has 0 aliphatic carbocycles. The minimum atomic E-state index is -0.787. The molecule has 5 nitrogen and oxygen atoms in total. The summed E-state index contributed by atoms with van der Waals surface area (Å²) < 4.78 is 2.07. The molecule has 1 aromatic heterocycles. The monoisotopic (exact) mass is 273 g/mol. The van der Waals surface area contributed by atoms with E-state index in [-0.39, 0.29) is 6.42 Å². The Hall–Kier alpha value is -2.30. The topological polar surface area (TPSA) is 58.4 Å². The minimum Gasteiger partial charge on any atom is -0.481 e. The summed E-state index contributed by atoms with van der Waals surface area (Å²) in [6, 6.07) is 9.83. The molecule has 0 saturated heterocycles. The second-order valence-electron chi connectivity index (χ2n) is 4.53. The number of benzene rings is 1. The molecule has 0 aliphatic rings. The van der Waals surface area contributed by atoms with Crippen molar-refractivity contribution < 1.29 is 9.90 Å². The first-order valence-corrected chi connectivity index (χ1v) is 6.72. The van der Waals surface area contributed by atoms with E-state index < -0.39 is 5.97 Å². The Labute approximate surface area is 118 Å². The Bertz CT molecular complexity index is 551. The largest absolute Gasteiger partial charge is 0.481 e. The van der Waals surface area contributed by atoms with E-state index in [1.165, 1.54) is 0 Å². The number of nitrogens with zero attached hydrogens (tertiary/aromatic N) is 3. The zero-order valence-corrected chi connectivity index (χ0v) is 11.6. The van der Waals surface area contributed by atoms with Gasteiger partial charge in [0, 0.05) is 31.2 Å². The first kappa shape index (κ1) is 14.1. The number of rotatable bonds is 7. The van der Waals surface area contributed by atoms with Crippen LogP contribution in [0.15, 0.2) is 42.7 Å². The van der Waals surface area contributed by atoms with Crippen LogP contribution >= 0.6 is 0 Å². The fourth-order valence-corrected chi connectivity index (χ4v) is 2.12. The van der Waals surface area contributed by atoms with Crippen LogP contribution in [0.5, 0.6) is 0 Å². The number of hydrogen-bond donors (Lipinski definition) is 1. The number of carbonyl (C=O) groups is 1. The van der Waals surface area contributed by atoms with E-state index in [4.69, 9.17) is 5.11 Å². The van der Waals surface area contributed by atoms with Crippen LogP contribution in [0.4, 0.5) is 5.69 Å². The predicted molar refractivity (Wildman–Crippen MR) is 77.6 cm³/mol. The fourth-order valence-electron chi connectivity index (χ4n) is 2.12. The highest BCUT2D eigenvalue weighted by Crippen LogP contribution is 2.16. The van der Waals surface area contributed by atoms with Crippen LogP contribution in [0, 0.1) is 0 Å². The van der Waals surface area contributed by atoms with Crippen molar-refractivity contribution in [1.29, 1.82) is 0 Å². The number of para-hydroxylation sites is 1. The van der Waals surface area contributed by atoms with Crippen LogP contribution in [0.3, 0.4) is 0 Å². The second-order valence-corrected chi connectivity index (χ2v) is 4.53. The van der Waals surface area contributed by atoms with Gasteiger partial charge >= 0.3 is 5.97 Å². The highest BCUT2D eigenvalue weighted by molar-refractivity contribution is 5.67. The lowest BCUT2D eigenvalue weighted by atomic mass is 10.2. The molecule has 2 rings (SSSR count). The van der Waals surface area contributed by atoms with Crippen molar-refractivity contribution in [1.82, 2.24) is 9.55 Å². The molecule has 0 aliphatic heterocycles. The van der Waals surface area contributed by atoms with E-state index in [9.17, 15) is 4.79 Å². The van der Waals surface area contributed by atoms with Crippen molar-refractivity contribution in [2.24, 2.45) is 0 Å². The molecule has 2 aromatic rings. The normalized spacial score (nSPS) is 10.4. The first-order valence-electron chi connectivity index (χ1n) is 6.72. The molecular weight excluding hydrogens is 254 g/mol. The Morgan fingerprint density at radius 2 is 2.10 bits per heavy atom. The summed E-state index contributed by atoms with van der Waals surface area (Å²) in [5, 5.41) is 8.89. The van der Waals surface area contributed by atoms with Gasteiger partial charge in [0.2, 0.25) is 0 Å². The number of carboxylic acid groups (broad SMARTS) is 1. The molecule has 5 heteroatoms. The maximum absolute atomic E-state index is 10.8. The predicted octanol–water partition coefficient (Wildman–Crippen LogP) is 2.38. The Morgan fingerprint density at radius 3 is 2.75 bits per heavy atom. The van der Waals surface area contributed by atoms with Gasteiger partial charge in [-0.3, -0.25) is 4.79 Å². The number of imidazole rings is 1. The zero-order valence-electron chi connectivity index (χ0n) is 11.6. The summed E-state index contributed by atoms with van der Waals surface area (Å²) in [6.07, 6.45) is 3.83. The number of aromatic nitrogens is 2. The van der Waals surface area contributed by atoms with Crippen molar-refractivity contribution in [3.63, 3.8) is 0 Å². The smallest absolute Gasteiger partial charge is 0.305 e. The lowest BCUT2D eigenvalue weighted by molar-refractivity contribution is -0.136. The molecule has 0 spiro atoms. The average Bonchev–Trinajstić information content (AvgIpc) is 2.91. The SMILES string of the molecule is CCn1ccnc1CN(CCC(=O)O)c1ccccc1. The zero-order chi connectivity index (χ0) is 14.4. The lowest BCUT2D eigenvalue weighted by Crippen LogP contribution is -2.27. The van der Waals surface area contributed by atoms with Gasteiger partial charge in [-0.15, -0.1) is 0 Å². The fraction of sp³-hybridized carbons (Fsp3) is 0.333. The number of carboxylic acids is 1. The van der Waals surface area contributed by atoms with Crippen molar-refractivity contribution in [3.8, 4) is 0 Å². The number of hydrogen-bond acceptors (Lipinski definition) is 3. The third-order valence-electron chi connectivity index (χ3n) is 3.19. The average molecular weight is 273 g/mol. The van der Waals surface area contributed by atoms with Crippen LogP contribution in [0.1, 0.15) is 19.2 Å². The minimum absolute atomic E-state index is 0.113. The summed E-state index contributed by atoms with van der Waals surface area (Å²) in [5.74, 6) is 0.159. The standard InChI is InChI=1S/C15H19N3O2/c1-2-17-11-9-16-14(17)12-18(10-8-15(19)20)13-6-4-3-5-7-13/h3-7,9,11H,2,8,10,12H2,1H3,(H,19,20). The molecule has 106 valence electrons. The molecule has 1 N–H and O–H groups in total. The summed E-state index contributed by atoms with van der Waals surface area (Å²) in [5.41, 5.74) is 1.01. The maximum Gasteiger partial charge on any atom is 0.305 e. The van der Waals surface area contributed by atoms with Gasteiger partial charge in [-0.25, -0.2) is 4.98 Å². The summed E-state index contributed by atoms with van der Waals surface area (Å²) >= 11 is 0. The van der Waals surface area contributed by atoms with E-state index in [1.807, 2.05) is 41.4 Å². The molecule has 0 atom stereocenters. The molecule has 1 heterocycles. The van der Waals surface area contributed by atoms with E-state index in [1.54, 1.807) is 6.20 Å². The van der Waals surface area contributed by atoms with Gasteiger partial charge in [-0.1, -0.05) is 18.2 Å². The summed E-state index contributed by atoms with van der Waals surface area (Å²) in [7, 11) is 0. The summed E-state index contributed by atoms with van der Waals surface area (Å²) in [6.45, 7) is 4.00. The van der Waals surface area contributed by atoms with Gasteiger partial charge in [-0.2, -0.15) is 0 Å². The van der Waals surface area contributed by atoms with E-state index in [0.29, 0.717) is 13.1 Å². The van der Waals surface area contributed by atoms with Gasteiger partial charge in [0.05, 0.1) is 13.0 Å². The van der Waals surface area contributed by atoms with Crippen LogP contribution in [-0.4, -0.2) is 27.2 Å². The third-order valence-corrected chi connectivity index (χ3v) is 3.19. The summed E-state index contributed by atoms with van der Waals surface area (Å²) in [4.78, 5) is 17.2. The molecule has 20 heavy (non-hydrogen) atoms. The molecular formula is C15H19N3O2. The molecule has 0 amide bonds. The third kappa shape index (κ3) is 3.60. The van der Waals surface area contributed by atoms with Crippen molar-refractivity contribution in [3.05, 3.63) is 48.5 Å². The van der Waals surface area contributed by atoms with Crippen LogP contribution < -0.4 is 4.90 Å². The Balaban J connectivity index is 2.16.